The van der Waals surface area contributed by atoms with E-state index in [1.165, 1.54) is 0 Å². The molecule has 1 aromatic carbocycles. The summed E-state index contributed by atoms with van der Waals surface area (Å²) in [7, 11) is 0. The zero-order valence-electron chi connectivity index (χ0n) is 12.3. The smallest absolute Gasteiger partial charge is 0.176 e. The topological polar surface area (TPSA) is 30.5 Å². The van der Waals surface area contributed by atoms with Crippen LogP contribution in [0, 0.1) is 0 Å². The van der Waals surface area contributed by atoms with Crippen molar-refractivity contribution in [2.45, 2.75) is 39.5 Å². The first-order valence-corrected chi connectivity index (χ1v) is 7.81. The fraction of sp³-hybridized carbons (Fsp3) is 0.600. The van der Waals surface area contributed by atoms with Crippen LogP contribution in [0.15, 0.2) is 18.2 Å². The van der Waals surface area contributed by atoms with Crippen molar-refractivity contribution in [2.75, 3.05) is 19.8 Å². The van der Waals surface area contributed by atoms with Gasteiger partial charge in [-0.05, 0) is 38.4 Å². The Kier molecular flexibility index (Phi) is 8.50. The molecule has 0 amide bonds. The highest BCUT2D eigenvalue weighted by molar-refractivity contribution is 6.42. The second kappa shape index (κ2) is 9.59. The summed E-state index contributed by atoms with van der Waals surface area (Å²) in [5, 5.41) is 4.52. The Morgan fingerprint density at radius 1 is 1.10 bits per heavy atom. The summed E-state index contributed by atoms with van der Waals surface area (Å²) in [5.74, 6) is 0. The molecule has 5 heteroatoms. The summed E-state index contributed by atoms with van der Waals surface area (Å²) in [5.41, 5.74) is 0.902. The van der Waals surface area contributed by atoms with Gasteiger partial charge in [-0.25, -0.2) is 0 Å². The lowest BCUT2D eigenvalue weighted by atomic mass is 10.1. The Balaban J connectivity index is 3.05. The van der Waals surface area contributed by atoms with Gasteiger partial charge in [-0.3, -0.25) is 0 Å². The lowest BCUT2D eigenvalue weighted by Crippen LogP contribution is -2.36. The first-order valence-electron chi connectivity index (χ1n) is 7.06. The molecule has 0 saturated heterocycles. The Labute approximate surface area is 131 Å². The molecule has 1 unspecified atom stereocenters. The van der Waals surface area contributed by atoms with Crippen LogP contribution in [-0.4, -0.2) is 26.0 Å². The van der Waals surface area contributed by atoms with Crippen LogP contribution >= 0.6 is 23.2 Å². The number of hydrogen-bond acceptors (Lipinski definition) is 3. The van der Waals surface area contributed by atoms with E-state index in [0.717, 1.165) is 18.5 Å². The maximum atomic E-state index is 6.33. The maximum Gasteiger partial charge on any atom is 0.176 e. The summed E-state index contributed by atoms with van der Waals surface area (Å²) in [6.07, 6.45) is 0.632. The van der Waals surface area contributed by atoms with Crippen LogP contribution < -0.4 is 5.32 Å². The third-order valence-corrected chi connectivity index (χ3v) is 3.70. The summed E-state index contributed by atoms with van der Waals surface area (Å²) in [6, 6.07) is 5.48. The number of nitrogens with one attached hydrogen (secondary N) is 1. The van der Waals surface area contributed by atoms with Crippen LogP contribution in [0.5, 0.6) is 0 Å². The van der Waals surface area contributed by atoms with E-state index in [1.54, 1.807) is 6.07 Å². The van der Waals surface area contributed by atoms with E-state index in [-0.39, 0.29) is 12.3 Å². The fourth-order valence-corrected chi connectivity index (χ4v) is 2.41. The van der Waals surface area contributed by atoms with E-state index in [1.807, 2.05) is 26.0 Å². The molecule has 20 heavy (non-hydrogen) atoms. The van der Waals surface area contributed by atoms with E-state index >= 15 is 0 Å². The van der Waals surface area contributed by atoms with Crippen molar-refractivity contribution in [1.82, 2.24) is 5.32 Å². The van der Waals surface area contributed by atoms with Crippen LogP contribution in [0.3, 0.4) is 0 Å². The number of ether oxygens (including phenoxy) is 2. The van der Waals surface area contributed by atoms with Crippen LogP contribution in [0.2, 0.25) is 10.0 Å². The van der Waals surface area contributed by atoms with E-state index < -0.39 is 0 Å². The van der Waals surface area contributed by atoms with Gasteiger partial charge in [0.1, 0.15) is 0 Å². The fourth-order valence-electron chi connectivity index (χ4n) is 1.98. The molecular formula is C15H23Cl2NO2. The molecule has 0 bridgehead atoms. The quantitative estimate of drug-likeness (QED) is 0.683. The van der Waals surface area contributed by atoms with Crippen molar-refractivity contribution in [1.29, 1.82) is 0 Å². The van der Waals surface area contributed by atoms with E-state index in [9.17, 15) is 0 Å². The van der Waals surface area contributed by atoms with Crippen LogP contribution in [0.25, 0.3) is 0 Å². The monoisotopic (exact) mass is 319 g/mol. The number of benzene rings is 1. The molecule has 0 aliphatic rings. The molecule has 0 saturated carbocycles. The molecule has 114 valence electrons. The zero-order chi connectivity index (χ0) is 15.0. The average molecular weight is 320 g/mol. The highest BCUT2D eigenvalue weighted by atomic mass is 35.5. The highest BCUT2D eigenvalue weighted by Gasteiger charge is 2.26. The third kappa shape index (κ3) is 4.90. The van der Waals surface area contributed by atoms with Gasteiger partial charge in [0.05, 0.1) is 16.1 Å². The summed E-state index contributed by atoms with van der Waals surface area (Å²) in [4.78, 5) is 0. The van der Waals surface area contributed by atoms with Crippen molar-refractivity contribution < 1.29 is 9.47 Å². The molecule has 1 rings (SSSR count). The molecule has 1 atom stereocenters. The van der Waals surface area contributed by atoms with Crippen molar-refractivity contribution in [3.8, 4) is 0 Å². The van der Waals surface area contributed by atoms with Gasteiger partial charge in [0.2, 0.25) is 0 Å². The van der Waals surface area contributed by atoms with Gasteiger partial charge in [-0.1, -0.05) is 42.3 Å². The predicted molar refractivity (Wildman–Crippen MR) is 84.5 cm³/mol. The Morgan fingerprint density at radius 3 is 2.30 bits per heavy atom. The largest absolute Gasteiger partial charge is 0.351 e. The summed E-state index contributed by atoms with van der Waals surface area (Å²) in [6.45, 7) is 8.01. The maximum absolute atomic E-state index is 6.33. The SMILES string of the molecule is CCCNC(c1cccc(Cl)c1Cl)C(OCC)OCC. The summed E-state index contributed by atoms with van der Waals surface area (Å²) >= 11 is 12.4. The summed E-state index contributed by atoms with van der Waals surface area (Å²) < 4.78 is 11.4. The lowest BCUT2D eigenvalue weighted by molar-refractivity contribution is -0.155. The highest BCUT2D eigenvalue weighted by Crippen LogP contribution is 2.32. The van der Waals surface area contributed by atoms with Gasteiger partial charge >= 0.3 is 0 Å². The number of rotatable bonds is 9. The number of hydrogen-bond donors (Lipinski definition) is 1. The predicted octanol–water partition coefficient (Wildman–Crippen LogP) is 4.43. The van der Waals surface area contributed by atoms with Gasteiger partial charge in [0.25, 0.3) is 0 Å². The van der Waals surface area contributed by atoms with E-state index in [4.69, 9.17) is 32.7 Å². The Hall–Kier alpha value is -0.320. The second-order valence-electron chi connectivity index (χ2n) is 4.35. The normalized spacial score (nSPS) is 12.9. The van der Waals surface area contributed by atoms with Gasteiger partial charge < -0.3 is 14.8 Å². The third-order valence-electron chi connectivity index (χ3n) is 2.86. The lowest BCUT2D eigenvalue weighted by Gasteiger charge is -2.28. The van der Waals surface area contributed by atoms with Crippen molar-refractivity contribution in [2.24, 2.45) is 0 Å². The first kappa shape index (κ1) is 17.7. The minimum atomic E-state index is -0.382. The van der Waals surface area contributed by atoms with Crippen LogP contribution in [0.4, 0.5) is 0 Å². The average Bonchev–Trinajstić information content (AvgIpc) is 2.44. The Morgan fingerprint density at radius 2 is 1.75 bits per heavy atom. The molecule has 1 N–H and O–H groups in total. The minimum Gasteiger partial charge on any atom is -0.351 e. The molecule has 0 aliphatic carbocycles. The van der Waals surface area contributed by atoms with E-state index in [2.05, 4.69) is 12.2 Å². The van der Waals surface area contributed by atoms with Crippen molar-refractivity contribution in [3.63, 3.8) is 0 Å². The number of halogens is 2. The minimum absolute atomic E-state index is 0.138. The van der Waals surface area contributed by atoms with Gasteiger partial charge in [0.15, 0.2) is 6.29 Å². The Bertz CT molecular complexity index is 395. The molecule has 0 aromatic heterocycles. The zero-order valence-corrected chi connectivity index (χ0v) is 13.8. The van der Waals surface area contributed by atoms with Crippen molar-refractivity contribution >= 4 is 23.2 Å². The molecule has 3 nitrogen and oxygen atoms in total. The second-order valence-corrected chi connectivity index (χ2v) is 5.14. The molecular weight excluding hydrogens is 297 g/mol. The molecule has 0 fully saturated rings. The molecule has 0 spiro atoms. The van der Waals surface area contributed by atoms with E-state index in [0.29, 0.717) is 23.3 Å². The standard InChI is InChI=1S/C15H23Cl2NO2/c1-4-10-18-14(15(19-5-2)20-6-3)11-8-7-9-12(16)13(11)17/h7-9,14-15,18H,4-6,10H2,1-3H3. The van der Waals surface area contributed by atoms with Crippen LogP contribution in [0.1, 0.15) is 38.8 Å². The molecule has 1 aromatic rings. The first-order chi connectivity index (χ1) is 9.65. The molecule has 0 aliphatic heterocycles. The van der Waals surface area contributed by atoms with Gasteiger partial charge in [0, 0.05) is 13.2 Å². The van der Waals surface area contributed by atoms with Gasteiger partial charge in [-0.15, -0.1) is 0 Å². The van der Waals surface area contributed by atoms with Crippen LogP contribution in [-0.2, 0) is 9.47 Å². The van der Waals surface area contributed by atoms with Crippen molar-refractivity contribution in [3.05, 3.63) is 33.8 Å². The molecule has 0 heterocycles. The molecule has 0 radical (unpaired) electrons. The van der Waals surface area contributed by atoms with Gasteiger partial charge in [-0.2, -0.15) is 0 Å².